The van der Waals surface area contributed by atoms with Crippen LogP contribution in [0.15, 0.2) is 66.1 Å². The Labute approximate surface area is 240 Å². The molecule has 0 aliphatic heterocycles. The number of anilines is 2. The summed E-state index contributed by atoms with van der Waals surface area (Å²) in [6.07, 6.45) is 8.80. The van der Waals surface area contributed by atoms with Gasteiger partial charge in [-0.05, 0) is 81.1 Å². The molecule has 1 unspecified atom stereocenters. The van der Waals surface area contributed by atoms with Crippen LogP contribution in [-0.2, 0) is 21.9 Å². The molecule has 0 radical (unpaired) electrons. The number of aromatic nitrogens is 5. The van der Waals surface area contributed by atoms with E-state index < -0.39 is 15.3 Å². The van der Waals surface area contributed by atoms with Crippen molar-refractivity contribution in [3.8, 4) is 5.82 Å². The second-order valence-electron chi connectivity index (χ2n) is 11.3. The highest BCUT2D eigenvalue weighted by Crippen LogP contribution is 2.34. The molecule has 11 heteroatoms. The summed E-state index contributed by atoms with van der Waals surface area (Å²) in [4.78, 5) is 27.0. The molecule has 0 saturated heterocycles. The molecule has 3 heterocycles. The smallest absolute Gasteiger partial charge is 0.278 e. The van der Waals surface area contributed by atoms with Crippen LogP contribution in [0, 0.1) is 0 Å². The molecule has 3 N–H and O–H groups in total. The largest absolute Gasteiger partial charge is 0.384 e. The fraction of sp³-hybridized carbons (Fsp3) is 0.367. The first-order valence-electron chi connectivity index (χ1n) is 13.7. The molecular weight excluding hydrogens is 538 g/mol. The molecule has 5 rings (SSSR count). The van der Waals surface area contributed by atoms with Gasteiger partial charge < -0.3 is 10.4 Å². The number of benzene rings is 1. The Morgan fingerprint density at radius 1 is 1.12 bits per heavy atom. The highest BCUT2D eigenvalue weighted by molar-refractivity contribution is 7.97. The summed E-state index contributed by atoms with van der Waals surface area (Å²) in [5.74, 6) is 4.97. The summed E-state index contributed by atoms with van der Waals surface area (Å²) < 4.78 is 18.3. The third-order valence-corrected chi connectivity index (χ3v) is 8.17. The number of nitrogens with one attached hydrogen (secondary N) is 2. The van der Waals surface area contributed by atoms with E-state index in [0.29, 0.717) is 34.4 Å². The molecular formula is C30H37N7O3S. The van der Waals surface area contributed by atoms with Gasteiger partial charge in [-0.2, -0.15) is 4.98 Å². The van der Waals surface area contributed by atoms with Gasteiger partial charge in [-0.25, -0.2) is 24.1 Å². The van der Waals surface area contributed by atoms with Crippen molar-refractivity contribution in [3.05, 3.63) is 82.9 Å². The van der Waals surface area contributed by atoms with Crippen LogP contribution < -0.4 is 15.6 Å². The number of hydrogen-bond acceptors (Lipinski definition) is 7. The third kappa shape index (κ3) is 6.42. The topological polar surface area (TPSA) is 127 Å². The Morgan fingerprint density at radius 2 is 1.83 bits per heavy atom. The number of nitrogens with zero attached hydrogens (tertiary/aromatic N) is 5. The predicted octanol–water partition coefficient (Wildman–Crippen LogP) is 4.01. The Bertz CT molecular complexity index is 1730. The number of aliphatic hydroxyl groups is 1. The Morgan fingerprint density at radius 3 is 2.46 bits per heavy atom. The van der Waals surface area contributed by atoms with Gasteiger partial charge in [0.05, 0.1) is 12.2 Å². The third-order valence-electron chi connectivity index (χ3n) is 7.34. The maximum Gasteiger partial charge on any atom is 0.278 e. The lowest BCUT2D eigenvalue weighted by atomic mass is 9.82. The number of pyridine rings is 1. The lowest BCUT2D eigenvalue weighted by molar-refractivity contribution is 0.0738. The molecule has 1 aliphatic carbocycles. The summed E-state index contributed by atoms with van der Waals surface area (Å²) in [6, 6.07) is 13.8. The van der Waals surface area contributed by atoms with Crippen molar-refractivity contribution in [3.63, 3.8) is 0 Å². The van der Waals surface area contributed by atoms with E-state index in [4.69, 9.17) is 4.98 Å². The molecule has 1 atom stereocenters. The normalized spacial score (nSPS) is 19.1. The van der Waals surface area contributed by atoms with E-state index in [1.807, 2.05) is 12.1 Å². The maximum absolute atomic E-state index is 13.2. The fourth-order valence-electron chi connectivity index (χ4n) is 5.36. The van der Waals surface area contributed by atoms with Gasteiger partial charge in [0.1, 0.15) is 11.0 Å². The standard InChI is InChI=1S/C30H37N7O3S/c1-6-18-36-28(38)24-19-31-29(34-27(24)37(36)26-9-7-8-25(33-26)30(2,3)39)32-22-14-10-20(11-15-22)21-12-16-23(17-13-21)35-41(4,5)40/h6-11,14-15,19,21,23,39H,1,4,12-13,16-18H2,2-3,5H3,(H,35,40)(H,31,32,34). The zero-order valence-electron chi connectivity index (χ0n) is 23.7. The quantitative estimate of drug-likeness (QED) is 0.203. The average Bonchev–Trinajstić information content (AvgIpc) is 3.19. The molecule has 1 aromatic carbocycles. The molecule has 41 heavy (non-hydrogen) atoms. The zero-order chi connectivity index (χ0) is 29.4. The summed E-state index contributed by atoms with van der Waals surface area (Å²) in [5, 5.41) is 14.1. The van der Waals surface area contributed by atoms with Crippen molar-refractivity contribution >= 4 is 38.2 Å². The molecule has 1 saturated carbocycles. The van der Waals surface area contributed by atoms with Crippen molar-refractivity contribution in [1.82, 2.24) is 29.0 Å². The van der Waals surface area contributed by atoms with Gasteiger partial charge in [-0.1, -0.05) is 24.3 Å². The fourth-order valence-corrected chi connectivity index (χ4v) is 6.30. The highest BCUT2D eigenvalue weighted by Gasteiger charge is 2.24. The monoisotopic (exact) mass is 575 g/mol. The molecule has 0 bridgehead atoms. The number of hydrogen-bond donors (Lipinski definition) is 3. The first-order valence-corrected chi connectivity index (χ1v) is 15.8. The molecule has 4 aromatic rings. The Kier molecular flexibility index (Phi) is 7.87. The second kappa shape index (κ2) is 11.2. The minimum atomic E-state index is -2.19. The van der Waals surface area contributed by atoms with Gasteiger partial charge in [-0.15, -0.1) is 6.58 Å². The van der Waals surface area contributed by atoms with Crippen LogP contribution in [-0.4, -0.2) is 51.8 Å². The summed E-state index contributed by atoms with van der Waals surface area (Å²) in [6.45, 7) is 7.36. The van der Waals surface area contributed by atoms with Crippen molar-refractivity contribution in [2.75, 3.05) is 11.6 Å². The average molecular weight is 576 g/mol. The Balaban J connectivity index is 1.40. The first kappa shape index (κ1) is 28.7. The van der Waals surface area contributed by atoms with Gasteiger partial charge >= 0.3 is 0 Å². The molecule has 3 aromatic heterocycles. The molecule has 0 spiro atoms. The van der Waals surface area contributed by atoms with E-state index in [1.54, 1.807) is 49.1 Å². The first-order chi connectivity index (χ1) is 19.4. The van der Waals surface area contributed by atoms with Crippen molar-refractivity contribution in [1.29, 1.82) is 0 Å². The SMILES string of the molecule is C=CCn1c(=O)c2cnc(Nc3ccc(C4CCC(NS(=C)(C)=O)CC4)cc3)nc2n1-c1cccc(C(C)(C)O)n1. The highest BCUT2D eigenvalue weighted by atomic mass is 32.2. The van der Waals surface area contributed by atoms with Gasteiger partial charge in [0.15, 0.2) is 11.5 Å². The number of fused-ring (bicyclic) bond motifs is 1. The van der Waals surface area contributed by atoms with Crippen LogP contribution in [0.2, 0.25) is 0 Å². The van der Waals surface area contributed by atoms with Gasteiger partial charge in [0.25, 0.3) is 5.56 Å². The van der Waals surface area contributed by atoms with E-state index in [1.165, 1.54) is 16.4 Å². The molecule has 1 fully saturated rings. The molecule has 10 nitrogen and oxygen atoms in total. The molecule has 0 amide bonds. The zero-order valence-corrected chi connectivity index (χ0v) is 24.5. The summed E-state index contributed by atoms with van der Waals surface area (Å²) >= 11 is 0. The predicted molar refractivity (Wildman–Crippen MR) is 165 cm³/mol. The molecule has 216 valence electrons. The number of allylic oxidation sites excluding steroid dienone is 1. The van der Waals surface area contributed by atoms with E-state index >= 15 is 0 Å². The Hall–Kier alpha value is -3.80. The van der Waals surface area contributed by atoms with Crippen LogP contribution in [0.1, 0.15) is 56.7 Å². The molecule has 1 aliphatic rings. The maximum atomic E-state index is 13.2. The van der Waals surface area contributed by atoms with E-state index in [-0.39, 0.29) is 18.1 Å². The van der Waals surface area contributed by atoms with E-state index in [2.05, 4.69) is 44.6 Å². The van der Waals surface area contributed by atoms with Gasteiger partial charge in [0, 0.05) is 33.9 Å². The van der Waals surface area contributed by atoms with Crippen molar-refractivity contribution < 1.29 is 9.32 Å². The van der Waals surface area contributed by atoms with Crippen molar-refractivity contribution in [2.45, 2.75) is 63.6 Å². The second-order valence-corrected chi connectivity index (χ2v) is 13.5. The van der Waals surface area contributed by atoms with Gasteiger partial charge in [0.2, 0.25) is 5.95 Å². The van der Waals surface area contributed by atoms with E-state index in [0.717, 1.165) is 31.4 Å². The summed E-state index contributed by atoms with van der Waals surface area (Å²) in [5.41, 5.74) is 1.55. The van der Waals surface area contributed by atoms with Gasteiger partial charge in [-0.3, -0.25) is 9.00 Å². The minimum absolute atomic E-state index is 0.249. The number of rotatable bonds is 9. The van der Waals surface area contributed by atoms with Crippen LogP contribution >= 0.6 is 0 Å². The minimum Gasteiger partial charge on any atom is -0.384 e. The summed E-state index contributed by atoms with van der Waals surface area (Å²) in [7, 11) is -2.19. The lowest BCUT2D eigenvalue weighted by Gasteiger charge is -2.29. The van der Waals surface area contributed by atoms with E-state index in [9.17, 15) is 14.1 Å². The van der Waals surface area contributed by atoms with Crippen LogP contribution in [0.3, 0.4) is 0 Å². The van der Waals surface area contributed by atoms with Crippen molar-refractivity contribution in [2.24, 2.45) is 0 Å². The van der Waals surface area contributed by atoms with Crippen LogP contribution in [0.25, 0.3) is 16.9 Å². The lowest BCUT2D eigenvalue weighted by Crippen LogP contribution is -2.36. The van der Waals surface area contributed by atoms with Crippen LogP contribution in [0.5, 0.6) is 0 Å². The van der Waals surface area contributed by atoms with Crippen LogP contribution in [0.4, 0.5) is 11.6 Å².